The Morgan fingerprint density at radius 3 is 2.58 bits per heavy atom. The molecule has 19 heavy (non-hydrogen) atoms. The van der Waals surface area contributed by atoms with Crippen LogP contribution in [0.5, 0.6) is 11.5 Å². The topological polar surface area (TPSA) is 51.6 Å². The highest BCUT2D eigenvalue weighted by atomic mass is 35.5. The lowest BCUT2D eigenvalue weighted by atomic mass is 10.0. The number of hydrogen-bond acceptors (Lipinski definition) is 4. The lowest BCUT2D eigenvalue weighted by Gasteiger charge is -2.17. The summed E-state index contributed by atoms with van der Waals surface area (Å²) in [6.07, 6.45) is 2.17. The van der Waals surface area contributed by atoms with Gasteiger partial charge in [0.15, 0.2) is 0 Å². The largest absolute Gasteiger partial charge is 0.497 e. The molecular weight excluding hydrogens is 266 g/mol. The number of ether oxygens (including phenoxy) is 2. The number of aromatic nitrogens is 1. The average Bonchev–Trinajstić information content (AvgIpc) is 2.46. The monoisotopic (exact) mass is 279 g/mol. The molecule has 0 aliphatic rings. The van der Waals surface area contributed by atoms with Crippen molar-refractivity contribution in [2.75, 3.05) is 14.2 Å². The van der Waals surface area contributed by atoms with Crippen molar-refractivity contribution < 1.29 is 14.6 Å². The highest BCUT2D eigenvalue weighted by Gasteiger charge is 2.18. The standard InChI is InChI=1S/C14H14ClNO3/c1-18-9-3-4-13(19-2)11(7-9)14(17)10-5-6-16-8-12(10)15/h3-8,14,17H,1-2H3. The maximum Gasteiger partial charge on any atom is 0.125 e. The summed E-state index contributed by atoms with van der Waals surface area (Å²) in [7, 11) is 3.11. The normalized spacial score (nSPS) is 12.0. The van der Waals surface area contributed by atoms with Crippen LogP contribution in [-0.2, 0) is 0 Å². The van der Waals surface area contributed by atoms with Crippen molar-refractivity contribution in [1.29, 1.82) is 0 Å². The minimum atomic E-state index is -0.902. The van der Waals surface area contributed by atoms with E-state index in [0.29, 0.717) is 27.6 Å². The summed E-state index contributed by atoms with van der Waals surface area (Å²) in [6, 6.07) is 6.90. The van der Waals surface area contributed by atoms with Gasteiger partial charge in [0, 0.05) is 23.5 Å². The highest BCUT2D eigenvalue weighted by molar-refractivity contribution is 6.31. The second-order valence-electron chi connectivity index (χ2n) is 3.91. The first kappa shape index (κ1) is 13.6. The molecule has 1 unspecified atom stereocenters. The number of aliphatic hydroxyl groups excluding tert-OH is 1. The first-order valence-electron chi connectivity index (χ1n) is 5.66. The van der Waals surface area contributed by atoms with Crippen LogP contribution < -0.4 is 9.47 Å². The fraction of sp³-hybridized carbons (Fsp3) is 0.214. The number of benzene rings is 1. The van der Waals surface area contributed by atoms with Crippen molar-refractivity contribution in [2.24, 2.45) is 0 Å². The second-order valence-corrected chi connectivity index (χ2v) is 4.31. The summed E-state index contributed by atoms with van der Waals surface area (Å²) in [5, 5.41) is 10.9. The molecule has 1 heterocycles. The molecule has 0 radical (unpaired) electrons. The predicted molar refractivity (Wildman–Crippen MR) is 72.9 cm³/mol. The van der Waals surface area contributed by atoms with Gasteiger partial charge >= 0.3 is 0 Å². The third-order valence-corrected chi connectivity index (χ3v) is 3.15. The first-order chi connectivity index (χ1) is 9.17. The minimum absolute atomic E-state index is 0.403. The summed E-state index contributed by atoms with van der Waals surface area (Å²) in [4.78, 5) is 3.90. The van der Waals surface area contributed by atoms with Crippen LogP contribution in [0.25, 0.3) is 0 Å². The third-order valence-electron chi connectivity index (χ3n) is 2.83. The lowest BCUT2D eigenvalue weighted by Crippen LogP contribution is -2.04. The van der Waals surface area contributed by atoms with Gasteiger partial charge in [-0.3, -0.25) is 4.98 Å². The molecule has 100 valence electrons. The Kier molecular flexibility index (Phi) is 4.24. The predicted octanol–water partition coefficient (Wildman–Crippen LogP) is 2.83. The van der Waals surface area contributed by atoms with E-state index in [2.05, 4.69) is 4.98 Å². The Balaban J connectivity index is 2.48. The molecule has 0 bridgehead atoms. The zero-order chi connectivity index (χ0) is 13.8. The Morgan fingerprint density at radius 2 is 1.95 bits per heavy atom. The number of halogens is 1. The van der Waals surface area contributed by atoms with Crippen molar-refractivity contribution in [3.63, 3.8) is 0 Å². The van der Waals surface area contributed by atoms with Crippen molar-refractivity contribution >= 4 is 11.6 Å². The number of nitrogens with zero attached hydrogens (tertiary/aromatic N) is 1. The molecule has 2 aromatic rings. The van der Waals surface area contributed by atoms with Crippen LogP contribution in [0.4, 0.5) is 0 Å². The van der Waals surface area contributed by atoms with Crippen LogP contribution in [0, 0.1) is 0 Å². The molecule has 0 aliphatic heterocycles. The van der Waals surface area contributed by atoms with Gasteiger partial charge in [-0.1, -0.05) is 11.6 Å². The van der Waals surface area contributed by atoms with Crippen LogP contribution in [0.2, 0.25) is 5.02 Å². The number of methoxy groups -OCH3 is 2. The number of hydrogen-bond donors (Lipinski definition) is 1. The van der Waals surface area contributed by atoms with Crippen molar-refractivity contribution in [1.82, 2.24) is 4.98 Å². The van der Waals surface area contributed by atoms with Gasteiger partial charge in [-0.05, 0) is 24.3 Å². The first-order valence-corrected chi connectivity index (χ1v) is 6.04. The van der Waals surface area contributed by atoms with Gasteiger partial charge in [-0.15, -0.1) is 0 Å². The maximum absolute atomic E-state index is 10.5. The molecule has 0 saturated heterocycles. The van der Waals surface area contributed by atoms with Crippen LogP contribution in [-0.4, -0.2) is 24.3 Å². The van der Waals surface area contributed by atoms with E-state index in [1.54, 1.807) is 44.7 Å². The quantitative estimate of drug-likeness (QED) is 0.935. The molecular formula is C14H14ClNO3. The van der Waals surface area contributed by atoms with Crippen molar-refractivity contribution in [3.8, 4) is 11.5 Å². The van der Waals surface area contributed by atoms with E-state index < -0.39 is 6.10 Å². The summed E-state index contributed by atoms with van der Waals surface area (Å²) in [5.74, 6) is 1.21. The Hall–Kier alpha value is -1.78. The molecule has 1 aromatic carbocycles. The van der Waals surface area contributed by atoms with Gasteiger partial charge in [-0.2, -0.15) is 0 Å². The maximum atomic E-state index is 10.5. The van der Waals surface area contributed by atoms with Crippen molar-refractivity contribution in [2.45, 2.75) is 6.10 Å². The van der Waals surface area contributed by atoms with Crippen molar-refractivity contribution in [3.05, 3.63) is 52.8 Å². The molecule has 5 heteroatoms. The fourth-order valence-corrected chi connectivity index (χ4v) is 2.05. The van der Waals surface area contributed by atoms with E-state index in [-0.39, 0.29) is 0 Å². The fourth-order valence-electron chi connectivity index (χ4n) is 1.83. The molecule has 0 saturated carbocycles. The molecule has 1 N–H and O–H groups in total. The van der Waals surface area contributed by atoms with Crippen LogP contribution >= 0.6 is 11.6 Å². The zero-order valence-electron chi connectivity index (χ0n) is 10.6. The number of pyridine rings is 1. The van der Waals surface area contributed by atoms with Gasteiger partial charge in [0.1, 0.15) is 17.6 Å². The van der Waals surface area contributed by atoms with Gasteiger partial charge in [0.2, 0.25) is 0 Å². The van der Waals surface area contributed by atoms with E-state index in [0.717, 1.165) is 0 Å². The van der Waals surface area contributed by atoms with Crippen LogP contribution in [0.1, 0.15) is 17.2 Å². The van der Waals surface area contributed by atoms with E-state index in [1.807, 2.05) is 0 Å². The summed E-state index contributed by atoms with van der Waals surface area (Å²) in [6.45, 7) is 0. The van der Waals surface area contributed by atoms with Gasteiger partial charge in [-0.25, -0.2) is 0 Å². The zero-order valence-corrected chi connectivity index (χ0v) is 11.4. The van der Waals surface area contributed by atoms with E-state index in [9.17, 15) is 5.11 Å². The molecule has 0 fully saturated rings. The van der Waals surface area contributed by atoms with Gasteiger partial charge in [0.25, 0.3) is 0 Å². The molecule has 0 amide bonds. The SMILES string of the molecule is COc1ccc(OC)c(C(O)c2ccncc2Cl)c1. The summed E-state index contributed by atoms with van der Waals surface area (Å²) < 4.78 is 10.4. The highest BCUT2D eigenvalue weighted by Crippen LogP contribution is 2.35. The average molecular weight is 280 g/mol. The number of rotatable bonds is 4. The Labute approximate surface area is 116 Å². The molecule has 4 nitrogen and oxygen atoms in total. The molecule has 0 aliphatic carbocycles. The summed E-state index contributed by atoms with van der Waals surface area (Å²) in [5.41, 5.74) is 1.16. The molecule has 2 rings (SSSR count). The third kappa shape index (κ3) is 2.80. The molecule has 1 atom stereocenters. The van der Waals surface area contributed by atoms with Gasteiger partial charge in [0.05, 0.1) is 19.2 Å². The van der Waals surface area contributed by atoms with Crippen LogP contribution in [0.3, 0.4) is 0 Å². The lowest BCUT2D eigenvalue weighted by molar-refractivity contribution is 0.214. The second kappa shape index (κ2) is 5.91. The Bertz CT molecular complexity index is 574. The molecule has 1 aromatic heterocycles. The molecule has 0 spiro atoms. The summed E-state index contributed by atoms with van der Waals surface area (Å²) >= 11 is 6.04. The van der Waals surface area contributed by atoms with Gasteiger partial charge < -0.3 is 14.6 Å². The van der Waals surface area contributed by atoms with Crippen LogP contribution in [0.15, 0.2) is 36.7 Å². The smallest absolute Gasteiger partial charge is 0.125 e. The van der Waals surface area contributed by atoms with E-state index in [4.69, 9.17) is 21.1 Å². The Morgan fingerprint density at radius 1 is 1.16 bits per heavy atom. The minimum Gasteiger partial charge on any atom is -0.497 e. The van der Waals surface area contributed by atoms with E-state index in [1.165, 1.54) is 6.20 Å². The number of aliphatic hydroxyl groups is 1. The van der Waals surface area contributed by atoms with E-state index >= 15 is 0 Å².